The first-order valence-corrected chi connectivity index (χ1v) is 12.2. The summed E-state index contributed by atoms with van der Waals surface area (Å²) in [7, 11) is 0.349. The van der Waals surface area contributed by atoms with Crippen molar-refractivity contribution < 1.29 is 4.21 Å². The summed E-state index contributed by atoms with van der Waals surface area (Å²) in [5, 5.41) is 0.893. The zero-order valence-corrected chi connectivity index (χ0v) is 19.3. The van der Waals surface area contributed by atoms with Gasteiger partial charge in [-0.15, -0.1) is 11.8 Å². The molecule has 0 spiro atoms. The molecule has 9 heteroatoms. The van der Waals surface area contributed by atoms with E-state index in [4.69, 9.17) is 0 Å². The van der Waals surface area contributed by atoms with Gasteiger partial charge in [0.25, 0.3) is 5.56 Å². The first-order chi connectivity index (χ1) is 14.3. The fourth-order valence-electron chi connectivity index (χ4n) is 3.05. The SMILES string of the molecule is CCCn1c(=O)n(C)c(=O)c2c(SCC[S@@](=O)c3ccccc3)nc(C(C)C)nc21. The Hall–Kier alpha value is -2.26. The number of benzene rings is 1. The fraction of sp³-hybridized carbons (Fsp3) is 0.429. The number of thioether (sulfide) groups is 1. The monoisotopic (exact) mass is 446 g/mol. The lowest BCUT2D eigenvalue weighted by molar-refractivity contribution is 0.603. The van der Waals surface area contributed by atoms with Gasteiger partial charge in [0.05, 0.1) is 10.8 Å². The minimum absolute atomic E-state index is 0.0430. The van der Waals surface area contributed by atoms with Gasteiger partial charge in [0.15, 0.2) is 5.65 Å². The van der Waals surface area contributed by atoms with Crippen LogP contribution in [0, 0.1) is 0 Å². The number of fused-ring (bicyclic) bond motifs is 1. The van der Waals surface area contributed by atoms with Crippen molar-refractivity contribution in [2.75, 3.05) is 11.5 Å². The lowest BCUT2D eigenvalue weighted by Gasteiger charge is -2.15. The first-order valence-electron chi connectivity index (χ1n) is 9.92. The van der Waals surface area contributed by atoms with Crippen LogP contribution in [0.1, 0.15) is 38.9 Å². The van der Waals surface area contributed by atoms with Crippen LogP contribution in [-0.2, 0) is 24.4 Å². The van der Waals surface area contributed by atoms with Gasteiger partial charge in [0, 0.05) is 35.9 Å². The highest BCUT2D eigenvalue weighted by atomic mass is 32.2. The van der Waals surface area contributed by atoms with E-state index in [1.165, 1.54) is 18.8 Å². The zero-order chi connectivity index (χ0) is 21.8. The van der Waals surface area contributed by atoms with Crippen LogP contribution in [0.2, 0.25) is 0 Å². The smallest absolute Gasteiger partial charge is 0.277 e. The number of rotatable bonds is 8. The number of aromatic nitrogens is 4. The molecule has 0 radical (unpaired) electrons. The Morgan fingerprint density at radius 1 is 1.13 bits per heavy atom. The zero-order valence-electron chi connectivity index (χ0n) is 17.6. The predicted octanol–water partition coefficient (Wildman–Crippen LogP) is 2.92. The van der Waals surface area contributed by atoms with E-state index in [9.17, 15) is 13.8 Å². The van der Waals surface area contributed by atoms with Gasteiger partial charge in [0.2, 0.25) is 0 Å². The molecule has 2 aromatic heterocycles. The Kier molecular flexibility index (Phi) is 7.25. The third-order valence-electron chi connectivity index (χ3n) is 4.64. The lowest BCUT2D eigenvalue weighted by Crippen LogP contribution is -2.39. The highest BCUT2D eigenvalue weighted by molar-refractivity contribution is 8.00. The second kappa shape index (κ2) is 9.70. The Bertz CT molecular complexity index is 1190. The van der Waals surface area contributed by atoms with E-state index in [1.54, 1.807) is 4.57 Å². The standard InChI is InChI=1S/C21H26N4O3S2/c1-5-11-25-18-16(20(26)24(4)21(25)27)19(23-17(22-18)14(2)3)29-12-13-30(28)15-9-7-6-8-10-15/h6-10,14H,5,11-13H2,1-4H3/t30-/m1/s1. The third kappa shape index (κ3) is 4.57. The Morgan fingerprint density at radius 2 is 1.83 bits per heavy atom. The van der Waals surface area contributed by atoms with Crippen LogP contribution >= 0.6 is 11.8 Å². The van der Waals surface area contributed by atoms with Gasteiger partial charge >= 0.3 is 5.69 Å². The fourth-order valence-corrected chi connectivity index (χ4v) is 5.36. The second-order valence-corrected chi connectivity index (χ2v) is 9.90. The summed E-state index contributed by atoms with van der Waals surface area (Å²) < 4.78 is 15.2. The second-order valence-electron chi connectivity index (χ2n) is 7.25. The topological polar surface area (TPSA) is 86.9 Å². The van der Waals surface area contributed by atoms with E-state index in [2.05, 4.69) is 9.97 Å². The summed E-state index contributed by atoms with van der Waals surface area (Å²) in [6.07, 6.45) is 0.743. The van der Waals surface area contributed by atoms with E-state index in [-0.39, 0.29) is 11.6 Å². The highest BCUT2D eigenvalue weighted by Crippen LogP contribution is 2.25. The molecule has 0 bridgehead atoms. The largest absolute Gasteiger partial charge is 0.332 e. The van der Waals surface area contributed by atoms with Crippen LogP contribution in [0.25, 0.3) is 11.0 Å². The molecule has 0 saturated carbocycles. The van der Waals surface area contributed by atoms with Gasteiger partial charge in [-0.05, 0) is 18.6 Å². The Morgan fingerprint density at radius 3 is 2.47 bits per heavy atom. The number of nitrogens with zero attached hydrogens (tertiary/aromatic N) is 4. The van der Waals surface area contributed by atoms with Crippen molar-refractivity contribution in [3.8, 4) is 0 Å². The van der Waals surface area contributed by atoms with Crippen molar-refractivity contribution in [1.82, 2.24) is 19.1 Å². The van der Waals surface area contributed by atoms with Gasteiger partial charge < -0.3 is 0 Å². The Balaban J connectivity index is 2.03. The van der Waals surface area contributed by atoms with E-state index >= 15 is 0 Å². The van der Waals surface area contributed by atoms with Crippen LogP contribution in [0.15, 0.2) is 49.8 Å². The molecule has 0 N–H and O–H groups in total. The van der Waals surface area contributed by atoms with Crippen LogP contribution in [-0.4, -0.2) is 34.8 Å². The van der Waals surface area contributed by atoms with Gasteiger partial charge in [0.1, 0.15) is 16.2 Å². The third-order valence-corrected chi connectivity index (χ3v) is 7.25. The van der Waals surface area contributed by atoms with Crippen molar-refractivity contribution in [2.24, 2.45) is 7.05 Å². The maximum Gasteiger partial charge on any atom is 0.332 e. The van der Waals surface area contributed by atoms with Crippen LogP contribution < -0.4 is 11.2 Å². The minimum atomic E-state index is -1.13. The minimum Gasteiger partial charge on any atom is -0.277 e. The molecule has 2 heterocycles. The average Bonchev–Trinajstić information content (AvgIpc) is 2.75. The summed E-state index contributed by atoms with van der Waals surface area (Å²) in [6, 6.07) is 9.31. The molecule has 30 heavy (non-hydrogen) atoms. The molecule has 3 rings (SSSR count). The van der Waals surface area contributed by atoms with Crippen LogP contribution in [0.5, 0.6) is 0 Å². The molecule has 3 aromatic rings. The maximum atomic E-state index is 12.9. The van der Waals surface area contributed by atoms with Crippen molar-refractivity contribution in [3.05, 3.63) is 57.0 Å². The lowest BCUT2D eigenvalue weighted by atomic mass is 10.2. The molecule has 0 amide bonds. The molecule has 0 fully saturated rings. The van der Waals surface area contributed by atoms with Crippen molar-refractivity contribution >= 4 is 33.6 Å². The van der Waals surface area contributed by atoms with Crippen LogP contribution in [0.3, 0.4) is 0 Å². The average molecular weight is 447 g/mol. The molecule has 0 aliphatic carbocycles. The van der Waals surface area contributed by atoms with E-state index in [0.29, 0.717) is 39.9 Å². The number of hydrogen-bond donors (Lipinski definition) is 0. The molecule has 0 aliphatic rings. The van der Waals surface area contributed by atoms with Crippen molar-refractivity contribution in [2.45, 2.75) is 49.6 Å². The number of aryl methyl sites for hydroxylation is 1. The molecule has 160 valence electrons. The molecule has 0 saturated heterocycles. The molecule has 0 aliphatic heterocycles. The van der Waals surface area contributed by atoms with Gasteiger partial charge in [-0.3, -0.25) is 18.1 Å². The van der Waals surface area contributed by atoms with E-state index in [1.807, 2.05) is 51.1 Å². The van der Waals surface area contributed by atoms with Crippen molar-refractivity contribution in [3.63, 3.8) is 0 Å². The maximum absolute atomic E-state index is 12.9. The summed E-state index contributed by atoms with van der Waals surface area (Å²) in [6.45, 7) is 6.40. The Labute approximate surface area is 182 Å². The van der Waals surface area contributed by atoms with E-state index in [0.717, 1.165) is 15.9 Å². The van der Waals surface area contributed by atoms with Crippen molar-refractivity contribution in [1.29, 1.82) is 0 Å². The molecule has 7 nitrogen and oxygen atoms in total. The summed E-state index contributed by atoms with van der Waals surface area (Å²) in [4.78, 5) is 35.6. The molecular formula is C21H26N4O3S2. The highest BCUT2D eigenvalue weighted by Gasteiger charge is 2.20. The summed E-state index contributed by atoms with van der Waals surface area (Å²) >= 11 is 1.39. The van der Waals surface area contributed by atoms with Crippen LogP contribution in [0.4, 0.5) is 0 Å². The summed E-state index contributed by atoms with van der Waals surface area (Å²) in [5.74, 6) is 1.60. The molecule has 1 aromatic carbocycles. The van der Waals surface area contributed by atoms with Gasteiger partial charge in [-0.1, -0.05) is 39.0 Å². The summed E-state index contributed by atoms with van der Waals surface area (Å²) in [5.41, 5.74) is -0.386. The quantitative estimate of drug-likeness (QED) is 0.391. The van der Waals surface area contributed by atoms with E-state index < -0.39 is 16.4 Å². The number of hydrogen-bond acceptors (Lipinski definition) is 6. The predicted molar refractivity (Wildman–Crippen MR) is 122 cm³/mol. The molecule has 0 unspecified atom stereocenters. The van der Waals surface area contributed by atoms with Gasteiger partial charge in [-0.25, -0.2) is 14.8 Å². The molecular weight excluding hydrogens is 420 g/mol. The normalized spacial score (nSPS) is 12.6. The van der Waals surface area contributed by atoms with Gasteiger partial charge in [-0.2, -0.15) is 0 Å². The first kappa shape index (κ1) is 22.4. The molecule has 1 atom stereocenters.